The first-order chi connectivity index (χ1) is 13.7. The topological polar surface area (TPSA) is 57.7 Å². The van der Waals surface area contributed by atoms with Gasteiger partial charge in [0.05, 0.1) is 21.2 Å². The van der Waals surface area contributed by atoms with Gasteiger partial charge in [-0.3, -0.25) is 9.10 Å². The van der Waals surface area contributed by atoms with Crippen molar-refractivity contribution in [2.24, 2.45) is 0 Å². The van der Waals surface area contributed by atoms with Crippen molar-refractivity contribution in [2.75, 3.05) is 23.3 Å². The second-order valence-electron chi connectivity index (χ2n) is 6.29. The highest BCUT2D eigenvalue weighted by molar-refractivity contribution is 7.92. The molecule has 0 aliphatic heterocycles. The molecule has 0 fully saturated rings. The van der Waals surface area contributed by atoms with Crippen molar-refractivity contribution in [3.63, 3.8) is 0 Å². The van der Waals surface area contributed by atoms with E-state index in [-0.39, 0.29) is 21.4 Å². The van der Waals surface area contributed by atoms with Gasteiger partial charge in [0.2, 0.25) is 0 Å². The minimum atomic E-state index is -3.80. The van der Waals surface area contributed by atoms with Gasteiger partial charge in [0.25, 0.3) is 15.9 Å². The van der Waals surface area contributed by atoms with E-state index in [1.54, 1.807) is 13.1 Å². The van der Waals surface area contributed by atoms with E-state index in [0.29, 0.717) is 10.7 Å². The molecule has 3 aromatic rings. The summed E-state index contributed by atoms with van der Waals surface area (Å²) in [6, 6.07) is 19.6. The first-order valence-electron chi connectivity index (χ1n) is 8.59. The highest BCUT2D eigenvalue weighted by Gasteiger charge is 2.23. The van der Waals surface area contributed by atoms with Crippen LogP contribution in [0.5, 0.6) is 0 Å². The average molecular weight is 449 g/mol. The van der Waals surface area contributed by atoms with E-state index in [0.717, 1.165) is 9.99 Å². The van der Waals surface area contributed by atoms with Gasteiger partial charge in [-0.25, -0.2) is 8.42 Å². The summed E-state index contributed by atoms with van der Waals surface area (Å²) in [5, 5.41) is 0.605. The van der Waals surface area contributed by atoms with E-state index in [1.807, 2.05) is 30.3 Å². The SMILES string of the molecule is CN(C(=O)c1ccc(N(C)S(=O)(=O)c2ccc(Cl)cc2)cc1Cl)c1ccccc1. The van der Waals surface area contributed by atoms with Crippen LogP contribution in [-0.2, 0) is 10.0 Å². The molecule has 0 bridgehead atoms. The van der Waals surface area contributed by atoms with Gasteiger partial charge in [0.15, 0.2) is 0 Å². The first kappa shape index (κ1) is 21.2. The number of anilines is 2. The number of benzene rings is 3. The number of carbonyl (C=O) groups is 1. The van der Waals surface area contributed by atoms with Crippen molar-refractivity contribution in [2.45, 2.75) is 4.90 Å². The van der Waals surface area contributed by atoms with Crippen molar-refractivity contribution in [1.82, 2.24) is 0 Å². The molecule has 0 atom stereocenters. The minimum Gasteiger partial charge on any atom is -0.311 e. The van der Waals surface area contributed by atoms with Gasteiger partial charge in [0.1, 0.15) is 0 Å². The molecule has 8 heteroatoms. The van der Waals surface area contributed by atoms with Gasteiger partial charge in [-0.2, -0.15) is 0 Å². The number of hydrogen-bond acceptors (Lipinski definition) is 3. The minimum absolute atomic E-state index is 0.101. The third-order valence-corrected chi connectivity index (χ3v) is 6.83. The number of halogens is 2. The van der Waals surface area contributed by atoms with Gasteiger partial charge >= 0.3 is 0 Å². The van der Waals surface area contributed by atoms with Gasteiger partial charge < -0.3 is 4.90 Å². The molecule has 0 N–H and O–H groups in total. The smallest absolute Gasteiger partial charge is 0.264 e. The number of rotatable bonds is 5. The van der Waals surface area contributed by atoms with Crippen LogP contribution in [0, 0.1) is 0 Å². The van der Waals surface area contributed by atoms with E-state index in [4.69, 9.17) is 23.2 Å². The zero-order valence-electron chi connectivity index (χ0n) is 15.7. The molecule has 0 radical (unpaired) electrons. The summed E-state index contributed by atoms with van der Waals surface area (Å²) in [5.74, 6) is -0.295. The van der Waals surface area contributed by atoms with Crippen molar-refractivity contribution < 1.29 is 13.2 Å². The van der Waals surface area contributed by atoms with Crippen molar-refractivity contribution in [3.8, 4) is 0 Å². The average Bonchev–Trinajstić information content (AvgIpc) is 2.73. The van der Waals surface area contributed by atoms with Crippen molar-refractivity contribution in [1.29, 1.82) is 0 Å². The van der Waals surface area contributed by atoms with Crippen LogP contribution in [0.4, 0.5) is 11.4 Å². The maximum atomic E-state index is 12.8. The lowest BCUT2D eigenvalue weighted by Gasteiger charge is -2.22. The molecular formula is C21H18Cl2N2O3S. The summed E-state index contributed by atoms with van der Waals surface area (Å²) in [4.78, 5) is 14.4. The standard InChI is InChI=1S/C21H18Cl2N2O3S/c1-24(16-6-4-3-5-7-16)21(26)19-13-10-17(14-20(19)23)25(2)29(27,28)18-11-8-15(22)9-12-18/h3-14H,1-2H3. The summed E-state index contributed by atoms with van der Waals surface area (Å²) >= 11 is 12.2. The fourth-order valence-electron chi connectivity index (χ4n) is 2.73. The second-order valence-corrected chi connectivity index (χ2v) is 9.10. The number of carbonyl (C=O) groups excluding carboxylic acids is 1. The number of nitrogens with zero attached hydrogens (tertiary/aromatic N) is 2. The van der Waals surface area contributed by atoms with Crippen molar-refractivity contribution >= 4 is 50.5 Å². The predicted molar refractivity (Wildman–Crippen MR) is 118 cm³/mol. The normalized spacial score (nSPS) is 11.2. The van der Waals surface area contributed by atoms with Gasteiger partial charge in [-0.05, 0) is 54.6 Å². The molecule has 150 valence electrons. The molecule has 29 heavy (non-hydrogen) atoms. The Kier molecular flexibility index (Phi) is 6.17. The highest BCUT2D eigenvalue weighted by atomic mass is 35.5. The third kappa shape index (κ3) is 4.40. The zero-order chi connectivity index (χ0) is 21.2. The summed E-state index contributed by atoms with van der Waals surface area (Å²) in [5.41, 5.74) is 1.34. The molecule has 0 saturated carbocycles. The van der Waals surface area contributed by atoms with Gasteiger partial charge in [0, 0.05) is 24.8 Å². The van der Waals surface area contributed by atoms with Crippen LogP contribution >= 0.6 is 23.2 Å². The molecule has 5 nitrogen and oxygen atoms in total. The molecule has 1 amide bonds. The quantitative estimate of drug-likeness (QED) is 0.545. The molecule has 0 spiro atoms. The van der Waals surface area contributed by atoms with Crippen LogP contribution in [0.3, 0.4) is 0 Å². The summed E-state index contributed by atoms with van der Waals surface area (Å²) in [6.07, 6.45) is 0. The first-order valence-corrected chi connectivity index (χ1v) is 10.8. The maximum absolute atomic E-state index is 12.8. The summed E-state index contributed by atoms with van der Waals surface area (Å²) in [6.45, 7) is 0. The molecule has 0 aliphatic carbocycles. The molecule has 3 aromatic carbocycles. The third-order valence-electron chi connectivity index (χ3n) is 4.47. The Morgan fingerprint density at radius 1 is 0.828 bits per heavy atom. The maximum Gasteiger partial charge on any atom is 0.264 e. The second kappa shape index (κ2) is 8.45. The number of amides is 1. The Morgan fingerprint density at radius 2 is 1.45 bits per heavy atom. The Labute approximate surface area is 180 Å². The van der Waals surface area contributed by atoms with Crippen LogP contribution in [0.2, 0.25) is 10.0 Å². The van der Waals surface area contributed by atoms with E-state index in [1.165, 1.54) is 48.3 Å². The lowest BCUT2D eigenvalue weighted by molar-refractivity contribution is 0.0993. The fraction of sp³-hybridized carbons (Fsp3) is 0.0952. The number of sulfonamides is 1. The van der Waals surface area contributed by atoms with Crippen LogP contribution in [0.1, 0.15) is 10.4 Å². The van der Waals surface area contributed by atoms with Crippen LogP contribution < -0.4 is 9.21 Å². The Hall–Kier alpha value is -2.54. The predicted octanol–water partition coefficient (Wildman–Crippen LogP) is 5.10. The number of para-hydroxylation sites is 1. The molecule has 0 aliphatic rings. The van der Waals surface area contributed by atoms with Crippen LogP contribution in [-0.4, -0.2) is 28.4 Å². The van der Waals surface area contributed by atoms with E-state index in [2.05, 4.69) is 0 Å². The van der Waals surface area contributed by atoms with Gasteiger partial charge in [-0.15, -0.1) is 0 Å². The van der Waals surface area contributed by atoms with E-state index < -0.39 is 10.0 Å². The number of hydrogen-bond donors (Lipinski definition) is 0. The fourth-order valence-corrected chi connectivity index (χ4v) is 4.30. The largest absolute Gasteiger partial charge is 0.311 e. The van der Waals surface area contributed by atoms with Gasteiger partial charge in [-0.1, -0.05) is 41.4 Å². The van der Waals surface area contributed by atoms with E-state index in [9.17, 15) is 13.2 Å². The summed E-state index contributed by atoms with van der Waals surface area (Å²) in [7, 11) is -0.722. The molecule has 0 unspecified atom stereocenters. The summed E-state index contributed by atoms with van der Waals surface area (Å²) < 4.78 is 26.8. The Bertz CT molecular complexity index is 1130. The monoisotopic (exact) mass is 448 g/mol. The molecular weight excluding hydrogens is 431 g/mol. The zero-order valence-corrected chi connectivity index (χ0v) is 18.0. The lowest BCUT2D eigenvalue weighted by Crippen LogP contribution is -2.28. The molecule has 0 heterocycles. The highest BCUT2D eigenvalue weighted by Crippen LogP contribution is 2.29. The van der Waals surface area contributed by atoms with Crippen molar-refractivity contribution in [3.05, 3.63) is 88.4 Å². The van der Waals surface area contributed by atoms with Crippen LogP contribution in [0.25, 0.3) is 0 Å². The Morgan fingerprint density at radius 3 is 2.03 bits per heavy atom. The lowest BCUT2D eigenvalue weighted by atomic mass is 10.1. The molecule has 3 rings (SSSR count). The molecule has 0 aromatic heterocycles. The van der Waals surface area contributed by atoms with E-state index >= 15 is 0 Å². The Balaban J connectivity index is 1.89. The molecule has 0 saturated heterocycles. The van der Waals surface area contributed by atoms with Crippen LogP contribution in [0.15, 0.2) is 77.7 Å².